The molecule has 1 aromatic heterocycles. The Labute approximate surface area is 135 Å². The lowest BCUT2D eigenvalue weighted by molar-refractivity contribution is 0.0607. The van der Waals surface area contributed by atoms with E-state index in [0.717, 1.165) is 36.4 Å². The Bertz CT molecular complexity index is 645. The number of rotatable bonds is 3. The highest BCUT2D eigenvalue weighted by atomic mass is 32.2. The van der Waals surface area contributed by atoms with Crippen molar-refractivity contribution < 1.29 is 4.79 Å². The zero-order valence-electron chi connectivity index (χ0n) is 12.7. The van der Waals surface area contributed by atoms with E-state index in [1.807, 2.05) is 53.8 Å². The summed E-state index contributed by atoms with van der Waals surface area (Å²) in [6.45, 7) is 0.821. The minimum atomic E-state index is 0.126. The van der Waals surface area contributed by atoms with E-state index in [0.29, 0.717) is 0 Å². The molecule has 0 N–H and O–H groups in total. The number of amides is 1. The van der Waals surface area contributed by atoms with Gasteiger partial charge in [0, 0.05) is 23.9 Å². The highest BCUT2D eigenvalue weighted by Crippen LogP contribution is 2.35. The topological polar surface area (TPSA) is 33.2 Å². The Morgan fingerprint density at radius 2 is 2.00 bits per heavy atom. The maximum atomic E-state index is 12.9. The number of thioether (sulfide) groups is 1. The van der Waals surface area contributed by atoms with Gasteiger partial charge in [0.25, 0.3) is 5.91 Å². The number of aromatic nitrogens is 1. The molecule has 4 heteroatoms. The van der Waals surface area contributed by atoms with E-state index in [1.165, 1.54) is 5.56 Å². The van der Waals surface area contributed by atoms with E-state index < -0.39 is 0 Å². The molecule has 22 heavy (non-hydrogen) atoms. The molecule has 2 aromatic rings. The third-order valence-electron chi connectivity index (χ3n) is 4.14. The van der Waals surface area contributed by atoms with Crippen molar-refractivity contribution in [3.05, 3.63) is 59.8 Å². The Kier molecular flexibility index (Phi) is 4.78. The van der Waals surface area contributed by atoms with Crippen molar-refractivity contribution in [3.63, 3.8) is 0 Å². The van der Waals surface area contributed by atoms with Crippen LogP contribution in [0.25, 0.3) is 0 Å². The zero-order valence-corrected chi connectivity index (χ0v) is 13.6. The number of carbonyl (C=O) groups is 1. The third-order valence-corrected chi connectivity index (χ3v) is 4.87. The van der Waals surface area contributed by atoms with Crippen molar-refractivity contribution in [1.29, 1.82) is 0 Å². The predicted molar refractivity (Wildman–Crippen MR) is 90.1 cm³/mol. The lowest BCUT2D eigenvalue weighted by atomic mass is 9.95. The molecule has 0 radical (unpaired) electrons. The first kappa shape index (κ1) is 15.1. The molecule has 2 heterocycles. The van der Waals surface area contributed by atoms with E-state index in [4.69, 9.17) is 0 Å². The number of benzene rings is 1. The van der Waals surface area contributed by atoms with Gasteiger partial charge in [-0.25, -0.2) is 4.98 Å². The fraction of sp³-hybridized carbons (Fsp3) is 0.333. The Morgan fingerprint density at radius 1 is 1.18 bits per heavy atom. The molecule has 0 saturated carbocycles. The molecule has 0 aliphatic carbocycles. The standard InChI is InChI=1S/C18H20N2OS/c1-22-17-15(10-7-12-19-17)16-11-5-6-13-20(16)18(21)14-8-3-2-4-9-14/h2-4,7-10,12,16H,5-6,11,13H2,1H3. The summed E-state index contributed by atoms with van der Waals surface area (Å²) in [6, 6.07) is 13.8. The van der Waals surface area contributed by atoms with Crippen molar-refractivity contribution in [1.82, 2.24) is 9.88 Å². The normalized spacial score (nSPS) is 18.2. The zero-order chi connectivity index (χ0) is 15.4. The molecule has 1 amide bonds. The summed E-state index contributed by atoms with van der Waals surface area (Å²) in [6.07, 6.45) is 7.10. The van der Waals surface area contributed by atoms with Crippen LogP contribution in [0.2, 0.25) is 0 Å². The van der Waals surface area contributed by atoms with Gasteiger partial charge < -0.3 is 4.90 Å². The summed E-state index contributed by atoms with van der Waals surface area (Å²) in [5.41, 5.74) is 1.95. The molecule has 1 atom stereocenters. The minimum Gasteiger partial charge on any atom is -0.332 e. The SMILES string of the molecule is CSc1ncccc1C1CCCCN1C(=O)c1ccccc1. The number of pyridine rings is 1. The van der Waals surface area contributed by atoms with Crippen molar-refractivity contribution in [2.75, 3.05) is 12.8 Å². The highest BCUT2D eigenvalue weighted by Gasteiger charge is 2.30. The number of nitrogens with zero attached hydrogens (tertiary/aromatic N) is 2. The lowest BCUT2D eigenvalue weighted by Gasteiger charge is -2.36. The number of piperidine rings is 1. The number of carbonyl (C=O) groups excluding carboxylic acids is 1. The predicted octanol–water partition coefficient (Wildman–Crippen LogP) is 4.17. The largest absolute Gasteiger partial charge is 0.332 e. The monoisotopic (exact) mass is 312 g/mol. The van der Waals surface area contributed by atoms with Gasteiger partial charge in [0.05, 0.1) is 6.04 Å². The van der Waals surface area contributed by atoms with Crippen LogP contribution >= 0.6 is 11.8 Å². The van der Waals surface area contributed by atoms with Gasteiger partial charge in [0.1, 0.15) is 5.03 Å². The molecule has 1 aromatic carbocycles. The number of hydrogen-bond donors (Lipinski definition) is 0. The van der Waals surface area contributed by atoms with Gasteiger partial charge in [-0.1, -0.05) is 24.3 Å². The average Bonchev–Trinajstić information content (AvgIpc) is 2.62. The molecular weight excluding hydrogens is 292 g/mol. The molecular formula is C18H20N2OS. The lowest BCUT2D eigenvalue weighted by Crippen LogP contribution is -2.38. The van der Waals surface area contributed by atoms with Crippen LogP contribution < -0.4 is 0 Å². The molecule has 1 saturated heterocycles. The van der Waals surface area contributed by atoms with E-state index in [9.17, 15) is 4.79 Å². The molecule has 3 nitrogen and oxygen atoms in total. The smallest absolute Gasteiger partial charge is 0.254 e. The van der Waals surface area contributed by atoms with Gasteiger partial charge in [-0.3, -0.25) is 4.79 Å². The highest BCUT2D eigenvalue weighted by molar-refractivity contribution is 7.98. The van der Waals surface area contributed by atoms with Crippen molar-refractivity contribution >= 4 is 17.7 Å². The van der Waals surface area contributed by atoms with Crippen LogP contribution in [-0.4, -0.2) is 28.6 Å². The molecule has 1 aliphatic rings. The van der Waals surface area contributed by atoms with E-state index in [2.05, 4.69) is 11.1 Å². The first-order valence-corrected chi connectivity index (χ1v) is 8.88. The fourth-order valence-corrected chi connectivity index (χ4v) is 3.68. The second kappa shape index (κ2) is 6.97. The Morgan fingerprint density at radius 3 is 2.77 bits per heavy atom. The third kappa shape index (κ3) is 3.02. The molecule has 0 bridgehead atoms. The summed E-state index contributed by atoms with van der Waals surface area (Å²) in [5, 5.41) is 1.03. The summed E-state index contributed by atoms with van der Waals surface area (Å²) in [7, 11) is 0. The van der Waals surface area contributed by atoms with Crippen molar-refractivity contribution in [2.45, 2.75) is 30.3 Å². The van der Waals surface area contributed by atoms with Gasteiger partial charge in [-0.05, 0) is 43.7 Å². The van der Waals surface area contributed by atoms with Gasteiger partial charge in [0.15, 0.2) is 0 Å². The first-order valence-electron chi connectivity index (χ1n) is 7.66. The second-order valence-corrected chi connectivity index (χ2v) is 6.27. The molecule has 1 fully saturated rings. The average molecular weight is 312 g/mol. The van der Waals surface area contributed by atoms with Crippen LogP contribution in [0.15, 0.2) is 53.7 Å². The van der Waals surface area contributed by atoms with Crippen LogP contribution in [-0.2, 0) is 0 Å². The number of hydrogen-bond acceptors (Lipinski definition) is 3. The van der Waals surface area contributed by atoms with Gasteiger partial charge in [-0.15, -0.1) is 11.8 Å². The summed E-state index contributed by atoms with van der Waals surface area (Å²) in [4.78, 5) is 19.4. The van der Waals surface area contributed by atoms with Crippen LogP contribution in [0.1, 0.15) is 41.2 Å². The summed E-state index contributed by atoms with van der Waals surface area (Å²) in [5.74, 6) is 0.126. The minimum absolute atomic E-state index is 0.126. The summed E-state index contributed by atoms with van der Waals surface area (Å²) >= 11 is 1.65. The van der Waals surface area contributed by atoms with Crippen LogP contribution in [0, 0.1) is 0 Å². The van der Waals surface area contributed by atoms with Gasteiger partial charge in [0.2, 0.25) is 0 Å². The molecule has 114 valence electrons. The maximum Gasteiger partial charge on any atom is 0.254 e. The van der Waals surface area contributed by atoms with Crippen LogP contribution in [0.5, 0.6) is 0 Å². The molecule has 0 spiro atoms. The fourth-order valence-electron chi connectivity index (χ4n) is 3.07. The number of likely N-dealkylation sites (tertiary alicyclic amines) is 1. The molecule has 3 rings (SSSR count). The van der Waals surface area contributed by atoms with Crippen molar-refractivity contribution in [3.8, 4) is 0 Å². The maximum absolute atomic E-state index is 12.9. The Hall–Kier alpha value is -1.81. The van der Waals surface area contributed by atoms with Crippen LogP contribution in [0.4, 0.5) is 0 Å². The molecule has 1 unspecified atom stereocenters. The van der Waals surface area contributed by atoms with E-state index in [1.54, 1.807) is 11.8 Å². The molecule has 1 aliphatic heterocycles. The van der Waals surface area contributed by atoms with Gasteiger partial charge in [-0.2, -0.15) is 0 Å². The Balaban J connectivity index is 1.93. The van der Waals surface area contributed by atoms with E-state index in [-0.39, 0.29) is 11.9 Å². The van der Waals surface area contributed by atoms with Crippen molar-refractivity contribution in [2.24, 2.45) is 0 Å². The second-order valence-electron chi connectivity index (χ2n) is 5.48. The quantitative estimate of drug-likeness (QED) is 0.798. The van der Waals surface area contributed by atoms with Crippen LogP contribution in [0.3, 0.4) is 0 Å². The summed E-state index contributed by atoms with van der Waals surface area (Å²) < 4.78 is 0. The van der Waals surface area contributed by atoms with Gasteiger partial charge >= 0.3 is 0 Å². The first-order chi connectivity index (χ1) is 10.8. The van der Waals surface area contributed by atoms with E-state index >= 15 is 0 Å².